The zero-order valence-electron chi connectivity index (χ0n) is 9.71. The van der Waals surface area contributed by atoms with Crippen LogP contribution in [0.3, 0.4) is 0 Å². The van der Waals surface area contributed by atoms with Crippen LogP contribution in [-0.2, 0) is 4.79 Å². The first kappa shape index (κ1) is 11.8. The van der Waals surface area contributed by atoms with Crippen molar-refractivity contribution in [3.05, 3.63) is 29.8 Å². The van der Waals surface area contributed by atoms with Crippen LogP contribution in [-0.4, -0.2) is 12.3 Å². The molecule has 0 atom stereocenters. The molecule has 1 aromatic rings. The van der Waals surface area contributed by atoms with Gasteiger partial charge in [0.2, 0.25) is 0 Å². The maximum atomic E-state index is 10.7. The van der Waals surface area contributed by atoms with E-state index in [1.807, 2.05) is 0 Å². The van der Waals surface area contributed by atoms with E-state index in [1.54, 1.807) is 6.92 Å². The van der Waals surface area contributed by atoms with Gasteiger partial charge in [-0.1, -0.05) is 26.0 Å². The molecule has 1 N–H and O–H groups in total. The lowest BCUT2D eigenvalue weighted by atomic mass is 10.0. The number of hydrogen-bond donors (Lipinski definition) is 1. The van der Waals surface area contributed by atoms with Gasteiger partial charge in [-0.05, 0) is 30.5 Å². The third kappa shape index (κ3) is 4.15. The molecule has 0 bridgehead atoms. The Kier molecular flexibility index (Phi) is 4.35. The van der Waals surface area contributed by atoms with Crippen molar-refractivity contribution in [1.82, 2.24) is 0 Å². The fourth-order valence-corrected chi connectivity index (χ4v) is 1.37. The number of carbonyl (C=O) groups excluding carboxylic acids is 1. The minimum atomic E-state index is 0.223. The summed E-state index contributed by atoms with van der Waals surface area (Å²) in [4.78, 5) is 10.7. The molecule has 0 radical (unpaired) electrons. The van der Waals surface area contributed by atoms with E-state index in [0.29, 0.717) is 12.3 Å². The smallest absolute Gasteiger partial charge is 0.131 e. The molecule has 2 nitrogen and oxygen atoms in total. The lowest BCUT2D eigenvalue weighted by Crippen LogP contribution is -2.05. The van der Waals surface area contributed by atoms with Crippen LogP contribution in [0.2, 0.25) is 0 Å². The summed E-state index contributed by atoms with van der Waals surface area (Å²) in [6.07, 6.45) is 0.589. The van der Waals surface area contributed by atoms with Crippen LogP contribution in [0.4, 0.5) is 5.69 Å². The third-order valence-corrected chi connectivity index (χ3v) is 2.38. The van der Waals surface area contributed by atoms with E-state index in [-0.39, 0.29) is 5.78 Å². The van der Waals surface area contributed by atoms with Crippen molar-refractivity contribution in [3.63, 3.8) is 0 Å². The summed E-state index contributed by atoms with van der Waals surface area (Å²) >= 11 is 0. The molecule has 2 heteroatoms. The van der Waals surface area contributed by atoms with Gasteiger partial charge in [-0.15, -0.1) is 0 Å². The summed E-state index contributed by atoms with van der Waals surface area (Å²) in [6, 6.07) is 8.38. The van der Waals surface area contributed by atoms with Crippen molar-refractivity contribution >= 4 is 11.5 Å². The Morgan fingerprint density at radius 2 is 1.87 bits per heavy atom. The topological polar surface area (TPSA) is 29.1 Å². The van der Waals surface area contributed by atoms with Crippen LogP contribution < -0.4 is 5.32 Å². The second-order valence-corrected chi connectivity index (χ2v) is 4.16. The Labute approximate surface area is 91.7 Å². The summed E-state index contributed by atoms with van der Waals surface area (Å²) in [6.45, 7) is 6.69. The maximum absolute atomic E-state index is 10.7. The van der Waals surface area contributed by atoms with E-state index in [0.717, 1.165) is 12.2 Å². The van der Waals surface area contributed by atoms with Gasteiger partial charge in [0.25, 0.3) is 0 Å². The van der Waals surface area contributed by atoms with Crippen molar-refractivity contribution in [2.75, 3.05) is 11.9 Å². The van der Waals surface area contributed by atoms with E-state index in [2.05, 4.69) is 43.4 Å². The van der Waals surface area contributed by atoms with E-state index < -0.39 is 0 Å². The summed E-state index contributed by atoms with van der Waals surface area (Å²) < 4.78 is 0. The Balaban J connectivity index is 2.46. The van der Waals surface area contributed by atoms with Crippen molar-refractivity contribution in [1.29, 1.82) is 0 Å². The van der Waals surface area contributed by atoms with Crippen molar-refractivity contribution in [2.45, 2.75) is 33.1 Å². The highest BCUT2D eigenvalue weighted by Crippen LogP contribution is 2.16. The summed E-state index contributed by atoms with van der Waals surface area (Å²) in [5.74, 6) is 0.789. The second-order valence-electron chi connectivity index (χ2n) is 4.16. The molecular weight excluding hydrogens is 186 g/mol. The average molecular weight is 205 g/mol. The standard InChI is InChI=1S/C13H19NO/c1-10(2)12-4-6-13(7-5-12)14-9-8-11(3)15/h4-7,10,14H,8-9H2,1-3H3. The van der Waals surface area contributed by atoms with Crippen LogP contribution in [0.25, 0.3) is 0 Å². The van der Waals surface area contributed by atoms with Gasteiger partial charge in [0.05, 0.1) is 0 Å². The number of carbonyl (C=O) groups is 1. The number of rotatable bonds is 5. The molecule has 15 heavy (non-hydrogen) atoms. The lowest BCUT2D eigenvalue weighted by Gasteiger charge is -2.08. The Morgan fingerprint density at radius 1 is 1.27 bits per heavy atom. The molecule has 0 amide bonds. The number of hydrogen-bond acceptors (Lipinski definition) is 2. The molecule has 0 saturated carbocycles. The maximum Gasteiger partial charge on any atom is 0.131 e. The van der Waals surface area contributed by atoms with E-state index >= 15 is 0 Å². The van der Waals surface area contributed by atoms with Crippen LogP contribution >= 0.6 is 0 Å². The number of anilines is 1. The SMILES string of the molecule is CC(=O)CCNc1ccc(C(C)C)cc1. The lowest BCUT2D eigenvalue weighted by molar-refractivity contribution is -0.116. The van der Waals surface area contributed by atoms with Crippen molar-refractivity contribution in [3.8, 4) is 0 Å². The first-order chi connectivity index (χ1) is 7.09. The molecule has 0 aromatic heterocycles. The third-order valence-electron chi connectivity index (χ3n) is 2.38. The molecule has 0 saturated heterocycles. The Bertz CT molecular complexity index is 314. The highest BCUT2D eigenvalue weighted by atomic mass is 16.1. The molecule has 82 valence electrons. The van der Waals surface area contributed by atoms with Gasteiger partial charge in [0, 0.05) is 18.7 Å². The summed E-state index contributed by atoms with van der Waals surface area (Å²) in [5.41, 5.74) is 2.42. The minimum absolute atomic E-state index is 0.223. The van der Waals surface area contributed by atoms with Crippen LogP contribution in [0.5, 0.6) is 0 Å². The highest BCUT2D eigenvalue weighted by Gasteiger charge is 1.98. The predicted molar refractivity (Wildman–Crippen MR) is 64.3 cm³/mol. The zero-order valence-corrected chi connectivity index (χ0v) is 9.71. The molecule has 0 aliphatic heterocycles. The molecule has 0 spiro atoms. The fraction of sp³-hybridized carbons (Fsp3) is 0.462. The van der Waals surface area contributed by atoms with Gasteiger partial charge in [-0.3, -0.25) is 4.79 Å². The van der Waals surface area contributed by atoms with Gasteiger partial charge in [-0.2, -0.15) is 0 Å². The quantitative estimate of drug-likeness (QED) is 0.799. The molecule has 1 aromatic carbocycles. The monoisotopic (exact) mass is 205 g/mol. The average Bonchev–Trinajstić information content (AvgIpc) is 2.18. The van der Waals surface area contributed by atoms with Gasteiger partial charge in [0.1, 0.15) is 5.78 Å². The minimum Gasteiger partial charge on any atom is -0.385 e. The second kappa shape index (κ2) is 5.54. The predicted octanol–water partition coefficient (Wildman–Crippen LogP) is 3.20. The molecule has 0 aliphatic rings. The highest BCUT2D eigenvalue weighted by molar-refractivity contribution is 5.76. The van der Waals surface area contributed by atoms with E-state index in [1.165, 1.54) is 5.56 Å². The molecular formula is C13H19NO. The largest absolute Gasteiger partial charge is 0.385 e. The first-order valence-corrected chi connectivity index (χ1v) is 5.43. The normalized spacial score (nSPS) is 10.4. The molecule has 0 fully saturated rings. The van der Waals surface area contributed by atoms with Crippen LogP contribution in [0.15, 0.2) is 24.3 Å². The Morgan fingerprint density at radius 3 is 2.33 bits per heavy atom. The van der Waals surface area contributed by atoms with Crippen LogP contribution in [0.1, 0.15) is 38.7 Å². The van der Waals surface area contributed by atoms with Crippen molar-refractivity contribution in [2.24, 2.45) is 0 Å². The van der Waals surface area contributed by atoms with Gasteiger partial charge in [0.15, 0.2) is 0 Å². The molecule has 0 unspecified atom stereocenters. The molecule has 1 rings (SSSR count). The number of Topliss-reactive ketones (excluding diaryl/α,β-unsaturated/α-hetero) is 1. The fourth-order valence-electron chi connectivity index (χ4n) is 1.37. The summed E-state index contributed by atoms with van der Waals surface area (Å²) in [7, 11) is 0. The van der Waals surface area contributed by atoms with E-state index in [9.17, 15) is 4.79 Å². The van der Waals surface area contributed by atoms with E-state index in [4.69, 9.17) is 0 Å². The first-order valence-electron chi connectivity index (χ1n) is 5.43. The number of benzene rings is 1. The summed E-state index contributed by atoms with van der Waals surface area (Å²) in [5, 5.41) is 3.22. The van der Waals surface area contributed by atoms with Crippen molar-refractivity contribution < 1.29 is 4.79 Å². The Hall–Kier alpha value is -1.31. The molecule has 0 heterocycles. The van der Waals surface area contributed by atoms with Crippen LogP contribution in [0, 0.1) is 0 Å². The molecule has 0 aliphatic carbocycles. The van der Waals surface area contributed by atoms with Gasteiger partial charge < -0.3 is 5.32 Å². The van der Waals surface area contributed by atoms with Gasteiger partial charge in [-0.25, -0.2) is 0 Å². The number of nitrogens with one attached hydrogen (secondary N) is 1. The van der Waals surface area contributed by atoms with Gasteiger partial charge >= 0.3 is 0 Å². The zero-order chi connectivity index (χ0) is 11.3. The number of ketones is 1.